The summed E-state index contributed by atoms with van der Waals surface area (Å²) in [6, 6.07) is 3.21. The summed E-state index contributed by atoms with van der Waals surface area (Å²) in [5, 5.41) is 12.8. The maximum atomic E-state index is 13.4. The second kappa shape index (κ2) is 6.87. The van der Waals surface area contributed by atoms with Crippen molar-refractivity contribution < 1.29 is 27.4 Å². The zero-order valence-electron chi connectivity index (χ0n) is 15.9. The number of aliphatic hydroxyl groups is 1. The summed E-state index contributed by atoms with van der Waals surface area (Å²) in [4.78, 5) is 12.6. The molecule has 1 atom stereocenters. The van der Waals surface area contributed by atoms with Gasteiger partial charge in [0.15, 0.2) is 11.4 Å². The van der Waals surface area contributed by atoms with Crippen molar-refractivity contribution >= 4 is 21.6 Å². The lowest BCUT2D eigenvalue weighted by Crippen LogP contribution is -2.51. The normalized spacial score (nSPS) is 18.7. The van der Waals surface area contributed by atoms with Gasteiger partial charge in [-0.15, -0.1) is 0 Å². The Bertz CT molecular complexity index is 1040. The molecule has 1 amide bonds. The van der Waals surface area contributed by atoms with E-state index < -0.39 is 33.4 Å². The Hall–Kier alpha value is -2.43. The third-order valence-corrected chi connectivity index (χ3v) is 6.03. The minimum absolute atomic E-state index is 0.00116. The predicted octanol–water partition coefficient (Wildman–Crippen LogP) is 1.54. The van der Waals surface area contributed by atoms with Crippen molar-refractivity contribution in [2.24, 2.45) is 7.05 Å². The van der Waals surface area contributed by atoms with Crippen LogP contribution in [0.25, 0.3) is 0 Å². The quantitative estimate of drug-likeness (QED) is 0.710. The van der Waals surface area contributed by atoms with E-state index in [-0.39, 0.29) is 22.9 Å². The first kappa shape index (κ1) is 20.3. The molecule has 2 heterocycles. The van der Waals surface area contributed by atoms with Crippen LogP contribution in [0, 0.1) is 12.7 Å². The molecule has 3 N–H and O–H groups in total. The van der Waals surface area contributed by atoms with Gasteiger partial charge in [0.05, 0.1) is 11.6 Å². The third kappa shape index (κ3) is 3.75. The molecule has 1 aromatic heterocycles. The van der Waals surface area contributed by atoms with Crippen LogP contribution in [-0.2, 0) is 17.1 Å². The first-order chi connectivity index (χ1) is 12.9. The van der Waals surface area contributed by atoms with E-state index in [0.717, 1.165) is 0 Å². The van der Waals surface area contributed by atoms with Crippen molar-refractivity contribution in [1.29, 1.82) is 0 Å². The van der Waals surface area contributed by atoms with Gasteiger partial charge < -0.3 is 19.7 Å². The predicted molar refractivity (Wildman–Crippen MR) is 100 cm³/mol. The zero-order chi connectivity index (χ0) is 20.9. The Labute approximate surface area is 162 Å². The van der Waals surface area contributed by atoms with E-state index in [2.05, 4.69) is 10.0 Å². The molecule has 3 rings (SSSR count). The molecule has 0 saturated heterocycles. The highest BCUT2D eigenvalue weighted by Crippen LogP contribution is 2.34. The molecule has 0 fully saturated rings. The maximum Gasteiger partial charge on any atom is 0.276 e. The molecule has 1 aliphatic heterocycles. The summed E-state index contributed by atoms with van der Waals surface area (Å²) in [7, 11) is -2.50. The lowest BCUT2D eigenvalue weighted by Gasteiger charge is -2.27. The lowest BCUT2D eigenvalue weighted by atomic mass is 10.0. The highest BCUT2D eigenvalue weighted by atomic mass is 32.2. The van der Waals surface area contributed by atoms with Crippen LogP contribution in [0.15, 0.2) is 29.3 Å². The zero-order valence-corrected chi connectivity index (χ0v) is 16.7. The Kier molecular flexibility index (Phi) is 4.98. The van der Waals surface area contributed by atoms with Gasteiger partial charge in [0.1, 0.15) is 17.3 Å². The topological polar surface area (TPSA) is 110 Å². The standard InChI is InChI=1S/C18H22FN3O5S/c1-10-7-11(5-6-12(10)19)20-17(23)15-16-13(8-22(15)4)28(25,26)21-14(9-27-16)18(2,3)24/h5-8,14,21,24H,9H2,1-4H3,(H,20,23). The minimum atomic E-state index is -4.02. The van der Waals surface area contributed by atoms with Crippen molar-refractivity contribution in [3.05, 3.63) is 41.5 Å². The van der Waals surface area contributed by atoms with Gasteiger partial charge in [-0.3, -0.25) is 4.79 Å². The second-order valence-corrected chi connectivity index (χ2v) is 9.02. The monoisotopic (exact) mass is 411 g/mol. The van der Waals surface area contributed by atoms with E-state index in [9.17, 15) is 22.7 Å². The fourth-order valence-electron chi connectivity index (χ4n) is 2.88. The summed E-state index contributed by atoms with van der Waals surface area (Å²) in [6.07, 6.45) is 1.27. The molecule has 28 heavy (non-hydrogen) atoms. The number of sulfonamides is 1. The van der Waals surface area contributed by atoms with Gasteiger partial charge in [0, 0.05) is 18.9 Å². The number of carbonyl (C=O) groups is 1. The number of rotatable bonds is 3. The van der Waals surface area contributed by atoms with Gasteiger partial charge >= 0.3 is 0 Å². The van der Waals surface area contributed by atoms with Crippen molar-refractivity contribution in [2.75, 3.05) is 11.9 Å². The van der Waals surface area contributed by atoms with Crippen LogP contribution in [0.1, 0.15) is 29.9 Å². The Morgan fingerprint density at radius 3 is 2.71 bits per heavy atom. The molecular formula is C18H22FN3O5S. The first-order valence-electron chi connectivity index (χ1n) is 8.54. The van der Waals surface area contributed by atoms with E-state index >= 15 is 0 Å². The molecule has 10 heteroatoms. The fourth-order valence-corrected chi connectivity index (χ4v) is 4.44. The first-order valence-corrected chi connectivity index (χ1v) is 10.0. The van der Waals surface area contributed by atoms with Gasteiger partial charge in [0.25, 0.3) is 5.91 Å². The molecule has 0 bridgehead atoms. The number of amides is 1. The van der Waals surface area contributed by atoms with E-state index in [1.54, 1.807) is 6.92 Å². The van der Waals surface area contributed by atoms with Crippen LogP contribution in [0.3, 0.4) is 0 Å². The molecule has 0 saturated carbocycles. The molecule has 8 nitrogen and oxygen atoms in total. The molecule has 152 valence electrons. The van der Waals surface area contributed by atoms with Crippen molar-refractivity contribution in [1.82, 2.24) is 9.29 Å². The van der Waals surface area contributed by atoms with Crippen LogP contribution >= 0.6 is 0 Å². The summed E-state index contributed by atoms with van der Waals surface area (Å²) >= 11 is 0. The number of hydrogen-bond donors (Lipinski definition) is 3. The Morgan fingerprint density at radius 2 is 2.11 bits per heavy atom. The van der Waals surface area contributed by atoms with E-state index in [1.807, 2.05) is 0 Å². The molecule has 1 aliphatic rings. The lowest BCUT2D eigenvalue weighted by molar-refractivity contribution is 0.0288. The Balaban J connectivity index is 1.98. The number of anilines is 1. The van der Waals surface area contributed by atoms with Crippen LogP contribution in [0.4, 0.5) is 10.1 Å². The van der Waals surface area contributed by atoms with Crippen LogP contribution < -0.4 is 14.8 Å². The van der Waals surface area contributed by atoms with E-state index in [4.69, 9.17) is 4.74 Å². The van der Waals surface area contributed by atoms with Crippen molar-refractivity contribution in [3.8, 4) is 5.75 Å². The van der Waals surface area contributed by atoms with Gasteiger partial charge in [-0.25, -0.2) is 17.5 Å². The van der Waals surface area contributed by atoms with Gasteiger partial charge in [-0.05, 0) is 44.5 Å². The summed E-state index contributed by atoms with van der Waals surface area (Å²) in [5.74, 6) is -1.10. The number of hydrogen-bond acceptors (Lipinski definition) is 5. The number of halogens is 1. The third-order valence-electron chi connectivity index (χ3n) is 4.57. The number of nitrogens with zero attached hydrogens (tertiary/aromatic N) is 1. The largest absolute Gasteiger partial charge is 0.488 e. The molecular weight excluding hydrogens is 389 g/mol. The molecule has 1 aromatic carbocycles. The SMILES string of the molecule is Cc1cc(NC(=O)c2c3c(cn2C)S(=O)(=O)NC(C(C)(C)O)CO3)ccc1F. The number of aromatic nitrogens is 1. The van der Waals surface area contributed by atoms with Crippen LogP contribution in [0.5, 0.6) is 5.75 Å². The molecule has 0 spiro atoms. The highest BCUT2D eigenvalue weighted by Gasteiger charge is 2.39. The summed E-state index contributed by atoms with van der Waals surface area (Å²) in [5.41, 5.74) is -0.645. The number of fused-ring (bicyclic) bond motifs is 1. The van der Waals surface area contributed by atoms with E-state index in [1.165, 1.54) is 49.9 Å². The molecule has 0 aliphatic carbocycles. The van der Waals surface area contributed by atoms with Gasteiger partial charge in [0.2, 0.25) is 10.0 Å². The number of carbonyl (C=O) groups excluding carboxylic acids is 1. The average molecular weight is 411 g/mol. The number of ether oxygens (including phenoxy) is 1. The minimum Gasteiger partial charge on any atom is -0.488 e. The van der Waals surface area contributed by atoms with Crippen molar-refractivity contribution in [2.45, 2.75) is 37.3 Å². The van der Waals surface area contributed by atoms with Crippen LogP contribution in [0.2, 0.25) is 0 Å². The fraction of sp³-hybridized carbons (Fsp3) is 0.389. The van der Waals surface area contributed by atoms with Crippen molar-refractivity contribution in [3.63, 3.8) is 0 Å². The number of nitrogens with one attached hydrogen (secondary N) is 2. The van der Waals surface area contributed by atoms with Crippen LogP contribution in [-0.4, -0.2) is 42.2 Å². The summed E-state index contributed by atoms with van der Waals surface area (Å²) < 4.78 is 48.2. The average Bonchev–Trinajstić information content (AvgIpc) is 2.84. The van der Waals surface area contributed by atoms with Gasteiger partial charge in [-0.2, -0.15) is 0 Å². The molecule has 2 aromatic rings. The molecule has 1 unspecified atom stereocenters. The number of benzene rings is 1. The summed E-state index contributed by atoms with van der Waals surface area (Å²) in [6.45, 7) is 4.33. The molecule has 0 radical (unpaired) electrons. The van der Waals surface area contributed by atoms with Gasteiger partial charge in [-0.1, -0.05) is 0 Å². The van der Waals surface area contributed by atoms with E-state index in [0.29, 0.717) is 11.3 Å². The number of aryl methyl sites for hydroxylation is 2. The highest BCUT2D eigenvalue weighted by molar-refractivity contribution is 7.89. The Morgan fingerprint density at radius 1 is 1.43 bits per heavy atom. The smallest absolute Gasteiger partial charge is 0.276 e. The maximum absolute atomic E-state index is 13.4. The second-order valence-electron chi connectivity index (χ2n) is 7.34.